The molecule has 0 saturated carbocycles. The van der Waals surface area contributed by atoms with Crippen molar-refractivity contribution < 1.29 is 14.7 Å². The van der Waals surface area contributed by atoms with Crippen molar-refractivity contribution in [3.05, 3.63) is 29.6 Å². The topological polar surface area (TPSA) is 114 Å². The lowest BCUT2D eigenvalue weighted by Crippen LogP contribution is -2.41. The summed E-state index contributed by atoms with van der Waals surface area (Å²) in [7, 11) is 1.82. The summed E-state index contributed by atoms with van der Waals surface area (Å²) in [6.45, 7) is 0.157. The number of anilines is 1. The van der Waals surface area contributed by atoms with Gasteiger partial charge in [0, 0.05) is 31.9 Å². The van der Waals surface area contributed by atoms with Gasteiger partial charge in [-0.1, -0.05) is 0 Å². The van der Waals surface area contributed by atoms with Crippen LogP contribution in [0.1, 0.15) is 16.1 Å². The highest BCUT2D eigenvalue weighted by Crippen LogP contribution is 2.28. The second-order valence-electron chi connectivity index (χ2n) is 4.74. The van der Waals surface area contributed by atoms with Crippen molar-refractivity contribution in [1.29, 1.82) is 0 Å². The van der Waals surface area contributed by atoms with Crippen LogP contribution in [-0.4, -0.2) is 43.1 Å². The summed E-state index contributed by atoms with van der Waals surface area (Å²) in [6.07, 6.45) is 0.779. The molecule has 3 heterocycles. The van der Waals surface area contributed by atoms with Crippen LogP contribution >= 0.6 is 0 Å². The third kappa shape index (κ3) is 2.00. The number of rotatable bonds is 1. The number of fused-ring (bicyclic) bond motifs is 1. The Kier molecular flexibility index (Phi) is 2.86. The standard InChI is InChI=1S/C13H13N5O3/c1-17-9-3-5-18(13(20)21)11(19)7(9)6-10(17)8-2-4-15-12(14)16-8/h2,4,6H,3,5H2,1H3,(H,20,21)(H2,14,15,16). The fourth-order valence-electron chi connectivity index (χ4n) is 2.54. The Balaban J connectivity index is 2.10. The smallest absolute Gasteiger partial charge is 0.414 e. The summed E-state index contributed by atoms with van der Waals surface area (Å²) < 4.78 is 1.84. The molecule has 2 aromatic heterocycles. The SMILES string of the molecule is Cn1c(-c2ccnc(N)n2)cc2c1CCN(C(=O)O)C2=O. The van der Waals surface area contributed by atoms with Gasteiger partial charge < -0.3 is 15.4 Å². The molecular formula is C13H13N5O3. The van der Waals surface area contributed by atoms with E-state index in [1.54, 1.807) is 12.1 Å². The van der Waals surface area contributed by atoms with E-state index in [4.69, 9.17) is 10.8 Å². The number of carbonyl (C=O) groups is 2. The van der Waals surface area contributed by atoms with Crippen molar-refractivity contribution >= 4 is 17.9 Å². The zero-order valence-electron chi connectivity index (χ0n) is 11.3. The highest BCUT2D eigenvalue weighted by molar-refractivity contribution is 6.05. The summed E-state index contributed by atoms with van der Waals surface area (Å²) in [5.74, 6) is -0.363. The number of amides is 2. The maximum Gasteiger partial charge on any atom is 0.414 e. The van der Waals surface area contributed by atoms with Crippen LogP contribution in [0.4, 0.5) is 10.7 Å². The number of hydrogen-bond donors (Lipinski definition) is 2. The Morgan fingerprint density at radius 2 is 2.24 bits per heavy atom. The minimum Gasteiger partial charge on any atom is -0.465 e. The van der Waals surface area contributed by atoms with Gasteiger partial charge in [0.2, 0.25) is 5.95 Å². The first-order valence-electron chi connectivity index (χ1n) is 6.31. The number of aromatic nitrogens is 3. The van der Waals surface area contributed by atoms with Gasteiger partial charge in [0.15, 0.2) is 0 Å². The van der Waals surface area contributed by atoms with Crippen LogP contribution < -0.4 is 5.73 Å². The largest absolute Gasteiger partial charge is 0.465 e. The van der Waals surface area contributed by atoms with Crippen LogP contribution in [0.15, 0.2) is 18.3 Å². The summed E-state index contributed by atoms with van der Waals surface area (Å²) >= 11 is 0. The number of hydrogen-bond acceptors (Lipinski definition) is 5. The van der Waals surface area contributed by atoms with E-state index < -0.39 is 12.0 Å². The third-order valence-corrected chi connectivity index (χ3v) is 3.57. The molecule has 2 aromatic rings. The Bertz CT molecular complexity index is 752. The molecule has 2 amide bonds. The Morgan fingerprint density at radius 1 is 1.48 bits per heavy atom. The predicted octanol–water partition coefficient (Wildman–Crippen LogP) is 0.741. The summed E-state index contributed by atoms with van der Waals surface area (Å²) in [5.41, 5.74) is 8.05. The van der Waals surface area contributed by atoms with E-state index in [0.717, 1.165) is 10.6 Å². The number of nitrogen functional groups attached to an aromatic ring is 1. The summed E-state index contributed by atoms with van der Waals surface area (Å²) in [5, 5.41) is 9.02. The molecule has 1 aliphatic heterocycles. The molecule has 0 unspecified atom stereocenters. The average Bonchev–Trinajstić information content (AvgIpc) is 2.77. The molecule has 0 aliphatic carbocycles. The van der Waals surface area contributed by atoms with Crippen LogP contribution in [0, 0.1) is 0 Å². The van der Waals surface area contributed by atoms with Crippen LogP contribution in [0.3, 0.4) is 0 Å². The van der Waals surface area contributed by atoms with E-state index in [1.807, 2.05) is 11.6 Å². The number of carbonyl (C=O) groups excluding carboxylic acids is 1. The van der Waals surface area contributed by atoms with Gasteiger partial charge in [0.05, 0.1) is 17.0 Å². The first-order chi connectivity index (χ1) is 9.99. The zero-order chi connectivity index (χ0) is 15.1. The van der Waals surface area contributed by atoms with Gasteiger partial charge in [-0.3, -0.25) is 4.79 Å². The highest BCUT2D eigenvalue weighted by Gasteiger charge is 2.32. The van der Waals surface area contributed by atoms with E-state index in [9.17, 15) is 9.59 Å². The van der Waals surface area contributed by atoms with Crippen LogP contribution in [-0.2, 0) is 13.5 Å². The Morgan fingerprint density at radius 3 is 2.90 bits per heavy atom. The van der Waals surface area contributed by atoms with E-state index in [-0.39, 0.29) is 12.5 Å². The molecule has 0 saturated heterocycles. The molecule has 0 fully saturated rings. The molecule has 0 bridgehead atoms. The zero-order valence-corrected chi connectivity index (χ0v) is 11.3. The summed E-state index contributed by atoms with van der Waals surface area (Å²) in [6, 6.07) is 3.34. The molecule has 0 spiro atoms. The van der Waals surface area contributed by atoms with E-state index >= 15 is 0 Å². The van der Waals surface area contributed by atoms with Gasteiger partial charge in [-0.05, 0) is 12.1 Å². The molecule has 21 heavy (non-hydrogen) atoms. The second kappa shape index (κ2) is 4.58. The van der Waals surface area contributed by atoms with Gasteiger partial charge in [-0.2, -0.15) is 0 Å². The molecule has 8 nitrogen and oxygen atoms in total. The van der Waals surface area contributed by atoms with Gasteiger partial charge in [-0.15, -0.1) is 0 Å². The molecule has 8 heteroatoms. The van der Waals surface area contributed by atoms with Crippen LogP contribution in [0.5, 0.6) is 0 Å². The fraction of sp³-hybridized carbons (Fsp3) is 0.231. The molecule has 108 valence electrons. The van der Waals surface area contributed by atoms with Crippen molar-refractivity contribution in [1.82, 2.24) is 19.4 Å². The number of nitrogens with zero attached hydrogens (tertiary/aromatic N) is 4. The molecule has 0 aromatic carbocycles. The van der Waals surface area contributed by atoms with E-state index in [2.05, 4.69) is 9.97 Å². The Labute approximate surface area is 119 Å². The normalized spacial score (nSPS) is 14.1. The highest BCUT2D eigenvalue weighted by atomic mass is 16.4. The van der Waals surface area contributed by atoms with Gasteiger partial charge in [0.1, 0.15) is 0 Å². The van der Waals surface area contributed by atoms with Gasteiger partial charge >= 0.3 is 6.09 Å². The monoisotopic (exact) mass is 287 g/mol. The minimum absolute atomic E-state index is 0.144. The summed E-state index contributed by atoms with van der Waals surface area (Å²) in [4.78, 5) is 32.0. The van der Waals surface area contributed by atoms with Crippen molar-refractivity contribution in [3.63, 3.8) is 0 Å². The molecule has 0 radical (unpaired) electrons. The predicted molar refractivity (Wildman–Crippen MR) is 73.6 cm³/mol. The van der Waals surface area contributed by atoms with Crippen molar-refractivity contribution in [2.75, 3.05) is 12.3 Å². The fourth-order valence-corrected chi connectivity index (χ4v) is 2.54. The van der Waals surface area contributed by atoms with Crippen molar-refractivity contribution in [2.24, 2.45) is 7.05 Å². The molecule has 3 rings (SSSR count). The minimum atomic E-state index is -1.23. The van der Waals surface area contributed by atoms with Crippen molar-refractivity contribution in [2.45, 2.75) is 6.42 Å². The first-order valence-corrected chi connectivity index (χ1v) is 6.31. The molecule has 0 atom stereocenters. The lowest BCUT2D eigenvalue weighted by atomic mass is 10.1. The molecule has 3 N–H and O–H groups in total. The molecular weight excluding hydrogens is 274 g/mol. The van der Waals surface area contributed by atoms with Gasteiger partial charge in [0.25, 0.3) is 5.91 Å². The van der Waals surface area contributed by atoms with Crippen LogP contribution in [0.2, 0.25) is 0 Å². The number of carboxylic acid groups (broad SMARTS) is 1. The van der Waals surface area contributed by atoms with Crippen LogP contribution in [0.25, 0.3) is 11.4 Å². The second-order valence-corrected chi connectivity index (χ2v) is 4.74. The molecule has 1 aliphatic rings. The maximum absolute atomic E-state index is 12.2. The maximum atomic E-state index is 12.2. The third-order valence-electron chi connectivity index (χ3n) is 3.57. The lowest BCUT2D eigenvalue weighted by molar-refractivity contribution is 0.0725. The number of imide groups is 1. The average molecular weight is 287 g/mol. The number of nitrogens with two attached hydrogens (primary N) is 1. The van der Waals surface area contributed by atoms with Crippen molar-refractivity contribution in [3.8, 4) is 11.4 Å². The lowest BCUT2D eigenvalue weighted by Gasteiger charge is -2.22. The Hall–Kier alpha value is -2.90. The van der Waals surface area contributed by atoms with E-state index in [1.165, 1.54) is 6.20 Å². The van der Waals surface area contributed by atoms with E-state index in [0.29, 0.717) is 23.4 Å². The van der Waals surface area contributed by atoms with Gasteiger partial charge in [-0.25, -0.2) is 19.7 Å². The quantitative estimate of drug-likeness (QED) is 0.799. The first kappa shape index (κ1) is 13.1.